The monoisotopic (exact) mass is 434 g/mol. The Morgan fingerprint density at radius 3 is 2.39 bits per heavy atom. The maximum absolute atomic E-state index is 12.9. The van der Waals surface area contributed by atoms with E-state index in [1.807, 2.05) is 0 Å². The molecular weight excluding hydrogens is 419 g/mol. The van der Waals surface area contributed by atoms with Crippen molar-refractivity contribution in [2.45, 2.75) is 18.7 Å². The van der Waals surface area contributed by atoms with Crippen LogP contribution in [0.25, 0.3) is 0 Å². The van der Waals surface area contributed by atoms with E-state index >= 15 is 0 Å². The highest BCUT2D eigenvalue weighted by Gasteiger charge is 2.22. The Morgan fingerprint density at radius 2 is 1.71 bits per heavy atom. The lowest BCUT2D eigenvalue weighted by Crippen LogP contribution is -2.17. The van der Waals surface area contributed by atoms with Gasteiger partial charge in [-0.15, -0.1) is 0 Å². The van der Waals surface area contributed by atoms with E-state index in [1.54, 1.807) is 44.2 Å². The summed E-state index contributed by atoms with van der Waals surface area (Å²) in [5.41, 5.74) is 1.61. The molecule has 0 aliphatic rings. The van der Waals surface area contributed by atoms with Crippen molar-refractivity contribution in [3.8, 4) is 0 Å². The number of sulfonamides is 1. The second kappa shape index (κ2) is 7.91. The van der Waals surface area contributed by atoms with Gasteiger partial charge in [-0.3, -0.25) is 14.5 Å². The first kappa shape index (κ1) is 20.3. The molecule has 1 heterocycles. The van der Waals surface area contributed by atoms with Crippen LogP contribution in [0.3, 0.4) is 0 Å². The molecule has 8 heteroatoms. The number of aryl methyl sites for hydroxylation is 2. The molecule has 1 aromatic heterocycles. The fourth-order valence-electron chi connectivity index (χ4n) is 2.59. The van der Waals surface area contributed by atoms with E-state index in [4.69, 9.17) is 23.2 Å². The third-order valence-electron chi connectivity index (χ3n) is 4.04. The molecule has 0 aliphatic carbocycles. The lowest BCUT2D eigenvalue weighted by molar-refractivity contribution is 0.103. The molecule has 0 unspecified atom stereocenters. The lowest BCUT2D eigenvalue weighted by atomic mass is 10.1. The molecule has 0 saturated carbocycles. The topological polar surface area (TPSA) is 76.1 Å². The Hall–Kier alpha value is -2.41. The molecule has 2 aromatic carbocycles. The molecule has 0 atom stereocenters. The zero-order chi connectivity index (χ0) is 20.5. The molecule has 28 heavy (non-hydrogen) atoms. The molecule has 3 rings (SSSR count). The highest BCUT2D eigenvalue weighted by Crippen LogP contribution is 2.26. The Balaban J connectivity index is 2.05. The van der Waals surface area contributed by atoms with Crippen molar-refractivity contribution in [2.75, 3.05) is 4.72 Å². The number of aromatic nitrogens is 1. The average molecular weight is 435 g/mol. The van der Waals surface area contributed by atoms with Crippen molar-refractivity contribution < 1.29 is 13.2 Å². The molecule has 1 N–H and O–H groups in total. The molecule has 0 aliphatic heterocycles. The van der Waals surface area contributed by atoms with Crippen molar-refractivity contribution in [3.05, 3.63) is 87.2 Å². The Bertz CT molecular complexity index is 1180. The van der Waals surface area contributed by atoms with Crippen molar-refractivity contribution in [3.63, 3.8) is 0 Å². The molecule has 3 aromatic rings. The normalized spacial score (nSPS) is 11.3. The number of halogens is 2. The SMILES string of the molecule is Cc1cnc(C(=O)c2ccccc2Cl)c(NS(=O)(=O)c2ccc(Cl)c(C)c2)c1. The van der Waals surface area contributed by atoms with Gasteiger partial charge >= 0.3 is 0 Å². The van der Waals surface area contributed by atoms with Gasteiger partial charge in [0.2, 0.25) is 5.78 Å². The molecule has 144 valence electrons. The highest BCUT2D eigenvalue weighted by molar-refractivity contribution is 7.92. The molecule has 0 radical (unpaired) electrons. The average Bonchev–Trinajstić information content (AvgIpc) is 2.63. The van der Waals surface area contributed by atoms with Crippen molar-refractivity contribution in [1.29, 1.82) is 0 Å². The fourth-order valence-corrected chi connectivity index (χ4v) is 4.07. The molecule has 5 nitrogen and oxygen atoms in total. The van der Waals surface area contributed by atoms with Crippen LogP contribution in [-0.4, -0.2) is 19.2 Å². The number of nitrogens with zero attached hydrogens (tertiary/aromatic N) is 1. The summed E-state index contributed by atoms with van der Waals surface area (Å²) in [4.78, 5) is 17.1. The van der Waals surface area contributed by atoms with Crippen LogP contribution in [-0.2, 0) is 10.0 Å². The van der Waals surface area contributed by atoms with Crippen LogP contribution >= 0.6 is 23.2 Å². The molecular formula is C20H16Cl2N2O3S. The number of hydrogen-bond acceptors (Lipinski definition) is 4. The number of carbonyl (C=O) groups is 1. The van der Waals surface area contributed by atoms with E-state index in [0.29, 0.717) is 16.1 Å². The summed E-state index contributed by atoms with van der Waals surface area (Å²) in [6.07, 6.45) is 1.49. The largest absolute Gasteiger partial charge is 0.287 e. The second-order valence-electron chi connectivity index (χ2n) is 6.23. The van der Waals surface area contributed by atoms with Crippen LogP contribution in [0.4, 0.5) is 5.69 Å². The van der Waals surface area contributed by atoms with Gasteiger partial charge < -0.3 is 0 Å². The molecule has 0 bridgehead atoms. The highest BCUT2D eigenvalue weighted by atomic mass is 35.5. The Labute approximate surface area is 173 Å². The molecule has 0 fully saturated rings. The van der Waals surface area contributed by atoms with Crippen LogP contribution in [0.15, 0.2) is 59.6 Å². The zero-order valence-electron chi connectivity index (χ0n) is 15.0. The minimum absolute atomic E-state index is 0.0343. The smallest absolute Gasteiger partial charge is 0.261 e. The third kappa shape index (κ3) is 4.19. The fraction of sp³-hybridized carbons (Fsp3) is 0.100. The summed E-state index contributed by atoms with van der Waals surface area (Å²) in [5, 5.41) is 0.725. The van der Waals surface area contributed by atoms with Gasteiger partial charge in [-0.25, -0.2) is 8.42 Å². The zero-order valence-corrected chi connectivity index (χ0v) is 17.4. The van der Waals surface area contributed by atoms with Gasteiger partial charge in [0, 0.05) is 16.8 Å². The van der Waals surface area contributed by atoms with Gasteiger partial charge in [-0.2, -0.15) is 0 Å². The first-order chi connectivity index (χ1) is 13.2. The van der Waals surface area contributed by atoms with E-state index in [2.05, 4.69) is 9.71 Å². The minimum atomic E-state index is -3.95. The number of nitrogens with one attached hydrogen (secondary N) is 1. The molecule has 0 amide bonds. The van der Waals surface area contributed by atoms with Crippen LogP contribution < -0.4 is 4.72 Å². The summed E-state index contributed by atoms with van der Waals surface area (Å²) < 4.78 is 28.1. The van der Waals surface area contributed by atoms with E-state index in [1.165, 1.54) is 24.4 Å². The minimum Gasteiger partial charge on any atom is -0.287 e. The summed E-state index contributed by atoms with van der Waals surface area (Å²) in [6.45, 7) is 3.46. The van der Waals surface area contributed by atoms with Crippen LogP contribution in [0.2, 0.25) is 10.0 Å². The van der Waals surface area contributed by atoms with Crippen molar-refractivity contribution >= 4 is 44.7 Å². The van der Waals surface area contributed by atoms with Gasteiger partial charge in [0.1, 0.15) is 5.69 Å². The van der Waals surface area contributed by atoms with E-state index < -0.39 is 15.8 Å². The summed E-state index contributed by atoms with van der Waals surface area (Å²) >= 11 is 12.1. The number of rotatable bonds is 5. The standard InChI is InChI=1S/C20H16Cl2N2O3S/c1-12-9-18(24-28(26,27)14-7-8-16(21)13(2)10-14)19(23-11-12)20(25)15-5-3-4-6-17(15)22/h3-11,24H,1-2H3. The quantitative estimate of drug-likeness (QED) is 0.570. The Morgan fingerprint density at radius 1 is 1.00 bits per heavy atom. The second-order valence-corrected chi connectivity index (χ2v) is 8.73. The lowest BCUT2D eigenvalue weighted by Gasteiger charge is -2.13. The Kier molecular flexibility index (Phi) is 5.74. The van der Waals surface area contributed by atoms with E-state index in [0.717, 1.165) is 0 Å². The van der Waals surface area contributed by atoms with Crippen molar-refractivity contribution in [2.24, 2.45) is 0 Å². The number of hydrogen-bond donors (Lipinski definition) is 1. The number of ketones is 1. The first-order valence-corrected chi connectivity index (χ1v) is 10.5. The van der Waals surface area contributed by atoms with Crippen LogP contribution in [0, 0.1) is 13.8 Å². The maximum Gasteiger partial charge on any atom is 0.261 e. The van der Waals surface area contributed by atoms with Gasteiger partial charge in [0.05, 0.1) is 15.6 Å². The van der Waals surface area contributed by atoms with Gasteiger partial charge in [0.25, 0.3) is 10.0 Å². The van der Waals surface area contributed by atoms with Gasteiger partial charge in [-0.05, 0) is 61.4 Å². The number of carbonyl (C=O) groups excluding carboxylic acids is 1. The summed E-state index contributed by atoms with van der Waals surface area (Å²) in [5.74, 6) is -0.476. The molecule has 0 spiro atoms. The number of pyridine rings is 1. The van der Waals surface area contributed by atoms with Crippen LogP contribution in [0.5, 0.6) is 0 Å². The van der Waals surface area contributed by atoms with Gasteiger partial charge in [-0.1, -0.05) is 35.3 Å². The van der Waals surface area contributed by atoms with E-state index in [9.17, 15) is 13.2 Å². The third-order valence-corrected chi connectivity index (χ3v) is 6.16. The predicted octanol–water partition coefficient (Wildman–Crippen LogP) is 5.04. The van der Waals surface area contributed by atoms with Crippen molar-refractivity contribution in [1.82, 2.24) is 4.98 Å². The van der Waals surface area contributed by atoms with Crippen LogP contribution in [0.1, 0.15) is 27.2 Å². The summed E-state index contributed by atoms with van der Waals surface area (Å²) in [7, 11) is -3.95. The molecule has 0 saturated heterocycles. The summed E-state index contributed by atoms with van der Waals surface area (Å²) in [6, 6.07) is 12.4. The maximum atomic E-state index is 12.9. The first-order valence-electron chi connectivity index (χ1n) is 8.24. The van der Waals surface area contributed by atoms with E-state index in [-0.39, 0.29) is 26.9 Å². The van der Waals surface area contributed by atoms with Gasteiger partial charge in [0.15, 0.2) is 0 Å². The number of anilines is 1. The number of benzene rings is 2. The predicted molar refractivity (Wildman–Crippen MR) is 111 cm³/mol.